The van der Waals surface area contributed by atoms with Crippen LogP contribution in [0, 0.1) is 0 Å². The van der Waals surface area contributed by atoms with Gasteiger partial charge in [-0.2, -0.15) is 0 Å². The van der Waals surface area contributed by atoms with Gasteiger partial charge in [0, 0.05) is 18.9 Å². The number of esters is 1. The summed E-state index contributed by atoms with van der Waals surface area (Å²) in [5, 5.41) is 2.07. The summed E-state index contributed by atoms with van der Waals surface area (Å²) >= 11 is 0. The van der Waals surface area contributed by atoms with E-state index in [0.717, 1.165) is 0 Å². The molecule has 1 aliphatic carbocycles. The third kappa shape index (κ3) is 2.98. The monoisotopic (exact) mass is 437 g/mol. The Morgan fingerprint density at radius 1 is 1.12 bits per heavy atom. The molecule has 1 N–H and O–H groups in total. The molecular weight excluding hydrogens is 418 g/mol. The molecule has 10 nitrogen and oxygen atoms in total. The molecule has 164 valence electrons. The molecule has 1 atom stereocenters. The number of fused-ring (bicyclic) bond motifs is 3. The van der Waals surface area contributed by atoms with Gasteiger partial charge in [0.25, 0.3) is 17.7 Å². The Morgan fingerprint density at radius 3 is 2.62 bits per heavy atom. The number of hydrogen-bond acceptors (Lipinski definition) is 7. The molecule has 0 bridgehead atoms. The fraction of sp³-hybridized carbons (Fsp3) is 0.318. The molecule has 1 unspecified atom stereocenters. The molecule has 2 fully saturated rings. The maximum Gasteiger partial charge on any atom is 0.354 e. The van der Waals surface area contributed by atoms with Crippen molar-refractivity contribution in [2.24, 2.45) is 0 Å². The number of furan rings is 1. The van der Waals surface area contributed by atoms with E-state index in [2.05, 4.69) is 5.32 Å². The van der Waals surface area contributed by atoms with Crippen LogP contribution in [0.15, 0.2) is 47.1 Å². The molecule has 0 radical (unpaired) electrons. The molecule has 32 heavy (non-hydrogen) atoms. The number of carbonyl (C=O) groups excluding carboxylic acids is 5. The number of rotatable bonds is 5. The van der Waals surface area contributed by atoms with Crippen molar-refractivity contribution in [2.45, 2.75) is 37.4 Å². The fourth-order valence-electron chi connectivity index (χ4n) is 4.39. The summed E-state index contributed by atoms with van der Waals surface area (Å²) in [7, 11) is 0. The standard InChI is InChI=1S/C22H19N3O7/c26-17(23-19(28)16-6-3-11-31-16)12-32-21(30)22-10-9-18(27)25(22)15-5-2-1-4-14(15)20(29)24(22)13-7-8-13/h1-6,11,13H,7-10,12H2,(H,23,26,28). The van der Waals surface area contributed by atoms with Crippen molar-refractivity contribution in [1.29, 1.82) is 0 Å². The molecular formula is C22H19N3O7. The molecule has 4 amide bonds. The van der Waals surface area contributed by atoms with Crippen LogP contribution in [0.4, 0.5) is 5.69 Å². The van der Waals surface area contributed by atoms with E-state index in [1.165, 1.54) is 28.2 Å². The van der Waals surface area contributed by atoms with Gasteiger partial charge in [0.15, 0.2) is 12.4 Å². The van der Waals surface area contributed by atoms with E-state index in [1.54, 1.807) is 24.3 Å². The van der Waals surface area contributed by atoms with Gasteiger partial charge in [0.1, 0.15) is 0 Å². The molecule has 5 rings (SSSR count). The van der Waals surface area contributed by atoms with Crippen molar-refractivity contribution in [3.8, 4) is 0 Å². The second kappa shape index (κ2) is 7.33. The molecule has 0 spiro atoms. The molecule has 3 aliphatic rings. The molecule has 10 heteroatoms. The first-order valence-corrected chi connectivity index (χ1v) is 10.2. The van der Waals surface area contributed by atoms with E-state index in [0.29, 0.717) is 24.1 Å². The van der Waals surface area contributed by atoms with E-state index in [-0.39, 0.29) is 36.5 Å². The largest absolute Gasteiger partial charge is 0.459 e. The highest BCUT2D eigenvalue weighted by Crippen LogP contribution is 2.49. The summed E-state index contributed by atoms with van der Waals surface area (Å²) in [6.07, 6.45) is 2.83. The van der Waals surface area contributed by atoms with Gasteiger partial charge in [-0.1, -0.05) is 12.1 Å². The van der Waals surface area contributed by atoms with Crippen molar-refractivity contribution >= 4 is 35.3 Å². The third-order valence-corrected chi connectivity index (χ3v) is 5.87. The number of anilines is 1. The van der Waals surface area contributed by atoms with Gasteiger partial charge in [-0.05, 0) is 37.1 Å². The van der Waals surface area contributed by atoms with Gasteiger partial charge in [0.2, 0.25) is 11.6 Å². The van der Waals surface area contributed by atoms with Crippen LogP contribution in [-0.4, -0.2) is 52.8 Å². The SMILES string of the molecule is O=C(COC(=O)C12CCC(=O)N1c1ccccc1C(=O)N2C1CC1)NC(=O)c1ccco1. The van der Waals surface area contributed by atoms with Crippen LogP contribution in [0.3, 0.4) is 0 Å². The first-order chi connectivity index (χ1) is 15.4. The Kier molecular flexibility index (Phi) is 4.58. The summed E-state index contributed by atoms with van der Waals surface area (Å²) in [4.78, 5) is 66.4. The minimum Gasteiger partial charge on any atom is -0.459 e. The van der Waals surface area contributed by atoms with Gasteiger partial charge < -0.3 is 14.1 Å². The van der Waals surface area contributed by atoms with E-state index < -0.39 is 30.1 Å². The lowest BCUT2D eigenvalue weighted by molar-refractivity contribution is -0.160. The van der Waals surface area contributed by atoms with Crippen LogP contribution in [0.25, 0.3) is 0 Å². The van der Waals surface area contributed by atoms with E-state index >= 15 is 0 Å². The van der Waals surface area contributed by atoms with Gasteiger partial charge in [-0.25, -0.2) is 4.79 Å². The second-order valence-electron chi connectivity index (χ2n) is 7.90. The zero-order valence-electron chi connectivity index (χ0n) is 16.9. The normalized spacial score (nSPS) is 21.8. The lowest BCUT2D eigenvalue weighted by Gasteiger charge is -2.48. The minimum absolute atomic E-state index is 0.0586. The van der Waals surface area contributed by atoms with E-state index in [9.17, 15) is 24.0 Å². The number of ether oxygens (including phenoxy) is 1. The first kappa shape index (κ1) is 20.0. The van der Waals surface area contributed by atoms with Crippen LogP contribution >= 0.6 is 0 Å². The Morgan fingerprint density at radius 2 is 1.91 bits per heavy atom. The fourth-order valence-corrected chi connectivity index (χ4v) is 4.39. The Balaban J connectivity index is 1.41. The summed E-state index contributed by atoms with van der Waals surface area (Å²) in [6.45, 7) is -0.747. The summed E-state index contributed by atoms with van der Waals surface area (Å²) in [6, 6.07) is 9.33. The molecule has 1 saturated carbocycles. The Bertz CT molecular complexity index is 1140. The summed E-state index contributed by atoms with van der Waals surface area (Å²) in [5.74, 6) is -3.21. The summed E-state index contributed by atoms with van der Waals surface area (Å²) < 4.78 is 10.2. The number of nitrogens with one attached hydrogen (secondary N) is 1. The molecule has 2 aliphatic heterocycles. The predicted octanol–water partition coefficient (Wildman–Crippen LogP) is 1.22. The van der Waals surface area contributed by atoms with Gasteiger partial charge in [0.05, 0.1) is 17.5 Å². The topological polar surface area (TPSA) is 126 Å². The molecule has 3 heterocycles. The number of para-hydroxylation sites is 1. The van der Waals surface area contributed by atoms with Crippen LogP contribution in [0.2, 0.25) is 0 Å². The minimum atomic E-state index is -1.64. The predicted molar refractivity (Wildman–Crippen MR) is 107 cm³/mol. The highest BCUT2D eigenvalue weighted by atomic mass is 16.5. The Labute approximate surface area is 182 Å². The average Bonchev–Trinajstić information content (AvgIpc) is 3.32. The first-order valence-electron chi connectivity index (χ1n) is 10.2. The molecule has 1 aromatic carbocycles. The van der Waals surface area contributed by atoms with Crippen LogP contribution in [-0.2, 0) is 19.1 Å². The number of amides is 4. The third-order valence-electron chi connectivity index (χ3n) is 5.87. The van der Waals surface area contributed by atoms with Crippen molar-refractivity contribution in [2.75, 3.05) is 11.5 Å². The maximum absolute atomic E-state index is 13.4. The number of hydrogen-bond donors (Lipinski definition) is 1. The number of benzene rings is 1. The van der Waals surface area contributed by atoms with Crippen LogP contribution in [0.1, 0.15) is 46.6 Å². The summed E-state index contributed by atoms with van der Waals surface area (Å²) in [5.41, 5.74) is -0.944. The Hall–Kier alpha value is -3.95. The van der Waals surface area contributed by atoms with E-state index in [1.807, 2.05) is 0 Å². The van der Waals surface area contributed by atoms with Crippen LogP contribution < -0.4 is 10.2 Å². The highest BCUT2D eigenvalue weighted by molar-refractivity contribution is 6.16. The molecule has 1 saturated heterocycles. The lowest BCUT2D eigenvalue weighted by Crippen LogP contribution is -2.69. The van der Waals surface area contributed by atoms with Gasteiger partial charge >= 0.3 is 5.97 Å². The zero-order chi connectivity index (χ0) is 22.5. The zero-order valence-corrected chi connectivity index (χ0v) is 16.9. The van der Waals surface area contributed by atoms with Crippen molar-refractivity contribution in [3.05, 3.63) is 54.0 Å². The number of imide groups is 1. The molecule has 1 aromatic heterocycles. The average molecular weight is 437 g/mol. The molecule has 2 aromatic rings. The smallest absolute Gasteiger partial charge is 0.354 e. The quantitative estimate of drug-likeness (QED) is 0.697. The van der Waals surface area contributed by atoms with Gasteiger partial charge in [-0.3, -0.25) is 29.4 Å². The van der Waals surface area contributed by atoms with Crippen molar-refractivity contribution in [3.63, 3.8) is 0 Å². The van der Waals surface area contributed by atoms with Crippen LogP contribution in [0.5, 0.6) is 0 Å². The lowest BCUT2D eigenvalue weighted by atomic mass is 9.96. The van der Waals surface area contributed by atoms with E-state index in [4.69, 9.17) is 9.15 Å². The number of carbonyl (C=O) groups is 5. The maximum atomic E-state index is 13.4. The number of nitrogens with zero attached hydrogens (tertiary/aromatic N) is 2. The van der Waals surface area contributed by atoms with Crippen molar-refractivity contribution < 1.29 is 33.1 Å². The second-order valence-corrected chi connectivity index (χ2v) is 7.90. The highest BCUT2D eigenvalue weighted by Gasteiger charge is 2.64. The van der Waals surface area contributed by atoms with Gasteiger partial charge in [-0.15, -0.1) is 0 Å². The van der Waals surface area contributed by atoms with Crippen molar-refractivity contribution in [1.82, 2.24) is 10.2 Å².